The Morgan fingerprint density at radius 2 is 2.00 bits per heavy atom. The molecule has 1 saturated heterocycles. The number of hydroxylamine groups is 2. The minimum Gasteiger partial charge on any atom is -0.367 e. The molecule has 3 nitrogen and oxygen atoms in total. The molecule has 0 saturated carbocycles. The predicted octanol–water partition coefficient (Wildman–Crippen LogP) is 1.36. The third kappa shape index (κ3) is 2.08. The van der Waals surface area contributed by atoms with E-state index in [0.717, 1.165) is 5.57 Å². The Kier molecular flexibility index (Phi) is 2.24. The summed E-state index contributed by atoms with van der Waals surface area (Å²) in [6.07, 6.45) is 0. The van der Waals surface area contributed by atoms with E-state index in [9.17, 15) is 4.79 Å². The topological polar surface area (TPSA) is 29.5 Å². The first-order chi connectivity index (χ1) is 5.39. The summed E-state index contributed by atoms with van der Waals surface area (Å²) >= 11 is 0. The number of hydrogen-bond donors (Lipinski definition) is 0. The molecule has 0 N–H and O–H groups in total. The molecule has 0 unspecified atom stereocenters. The summed E-state index contributed by atoms with van der Waals surface area (Å²) in [5.74, 6) is -0.185. The molecule has 1 rings (SSSR count). The molecule has 1 heterocycles. The van der Waals surface area contributed by atoms with E-state index >= 15 is 0 Å². The minimum absolute atomic E-state index is 0.185. The highest BCUT2D eigenvalue weighted by Crippen LogP contribution is 2.19. The van der Waals surface area contributed by atoms with Crippen LogP contribution < -0.4 is 0 Å². The van der Waals surface area contributed by atoms with Crippen molar-refractivity contribution in [1.82, 2.24) is 5.06 Å². The summed E-state index contributed by atoms with van der Waals surface area (Å²) in [7, 11) is 0. The van der Waals surface area contributed by atoms with Crippen LogP contribution in [0, 0.1) is 5.41 Å². The van der Waals surface area contributed by atoms with E-state index < -0.39 is 5.41 Å². The quantitative estimate of drug-likeness (QED) is 0.555. The van der Waals surface area contributed by atoms with E-state index in [1.807, 2.05) is 20.8 Å². The highest BCUT2D eigenvalue weighted by Gasteiger charge is 2.29. The SMILES string of the molecule is C=C1CN(OC(=O)C(C)(C)C)C1. The van der Waals surface area contributed by atoms with Gasteiger partial charge in [0, 0.05) is 0 Å². The van der Waals surface area contributed by atoms with Crippen LogP contribution in [0.25, 0.3) is 0 Å². The second kappa shape index (κ2) is 2.90. The number of nitrogens with zero attached hydrogens (tertiary/aromatic N) is 1. The zero-order valence-electron chi connectivity index (χ0n) is 7.89. The molecule has 0 amide bonds. The average Bonchev–Trinajstić information content (AvgIpc) is 1.82. The molecule has 0 aliphatic carbocycles. The standard InChI is InChI=1S/C9H15NO2/c1-7-5-10(6-7)12-8(11)9(2,3)4/h1,5-6H2,2-4H3. The van der Waals surface area contributed by atoms with Crippen LogP contribution in [-0.2, 0) is 9.63 Å². The van der Waals surface area contributed by atoms with Crippen LogP contribution in [0.2, 0.25) is 0 Å². The molecule has 0 aromatic carbocycles. The maximum atomic E-state index is 11.3. The van der Waals surface area contributed by atoms with Gasteiger partial charge in [0.25, 0.3) is 0 Å². The van der Waals surface area contributed by atoms with Gasteiger partial charge in [-0.3, -0.25) is 0 Å². The van der Waals surface area contributed by atoms with Crippen molar-refractivity contribution in [2.75, 3.05) is 13.1 Å². The lowest BCUT2D eigenvalue weighted by molar-refractivity contribution is -0.206. The minimum atomic E-state index is -0.420. The van der Waals surface area contributed by atoms with Crippen molar-refractivity contribution in [1.29, 1.82) is 0 Å². The van der Waals surface area contributed by atoms with E-state index in [1.165, 1.54) is 0 Å². The zero-order chi connectivity index (χ0) is 9.35. The lowest BCUT2D eigenvalue weighted by Gasteiger charge is -2.33. The Balaban J connectivity index is 2.33. The maximum absolute atomic E-state index is 11.3. The van der Waals surface area contributed by atoms with E-state index in [-0.39, 0.29) is 5.97 Å². The summed E-state index contributed by atoms with van der Waals surface area (Å²) in [6.45, 7) is 10.6. The Bertz CT molecular complexity index is 207. The number of carbonyl (C=O) groups is 1. The van der Waals surface area contributed by atoms with Crippen molar-refractivity contribution < 1.29 is 9.63 Å². The zero-order valence-corrected chi connectivity index (χ0v) is 7.89. The average molecular weight is 169 g/mol. The molecule has 68 valence electrons. The molecular weight excluding hydrogens is 154 g/mol. The number of carbonyl (C=O) groups excluding carboxylic acids is 1. The Morgan fingerprint density at radius 3 is 2.33 bits per heavy atom. The van der Waals surface area contributed by atoms with Crippen molar-refractivity contribution >= 4 is 5.97 Å². The molecule has 0 atom stereocenters. The van der Waals surface area contributed by atoms with Crippen LogP contribution in [0.4, 0.5) is 0 Å². The Hall–Kier alpha value is -0.830. The van der Waals surface area contributed by atoms with Crippen molar-refractivity contribution in [2.24, 2.45) is 5.41 Å². The Morgan fingerprint density at radius 1 is 1.50 bits per heavy atom. The van der Waals surface area contributed by atoms with Crippen LogP contribution in [0.15, 0.2) is 12.2 Å². The third-order valence-electron chi connectivity index (χ3n) is 1.62. The normalized spacial score (nSPS) is 18.8. The van der Waals surface area contributed by atoms with Crippen LogP contribution in [0.5, 0.6) is 0 Å². The van der Waals surface area contributed by atoms with Gasteiger partial charge in [-0.25, -0.2) is 4.79 Å². The van der Waals surface area contributed by atoms with Gasteiger partial charge in [0.05, 0.1) is 18.5 Å². The van der Waals surface area contributed by atoms with Gasteiger partial charge in [0.2, 0.25) is 0 Å². The van der Waals surface area contributed by atoms with Crippen LogP contribution in [-0.4, -0.2) is 24.1 Å². The summed E-state index contributed by atoms with van der Waals surface area (Å²) in [5.41, 5.74) is 0.688. The first-order valence-electron chi connectivity index (χ1n) is 4.03. The maximum Gasteiger partial charge on any atom is 0.330 e. The molecule has 12 heavy (non-hydrogen) atoms. The smallest absolute Gasteiger partial charge is 0.330 e. The summed E-state index contributed by atoms with van der Waals surface area (Å²) in [4.78, 5) is 16.3. The molecule has 0 bridgehead atoms. The first-order valence-corrected chi connectivity index (χ1v) is 4.03. The Labute approximate surface area is 73.0 Å². The number of hydrogen-bond acceptors (Lipinski definition) is 3. The molecular formula is C9H15NO2. The lowest BCUT2D eigenvalue weighted by Crippen LogP contribution is -2.43. The molecule has 0 spiro atoms. The van der Waals surface area contributed by atoms with Gasteiger partial charge < -0.3 is 4.84 Å². The van der Waals surface area contributed by atoms with Crippen LogP contribution >= 0.6 is 0 Å². The fraction of sp³-hybridized carbons (Fsp3) is 0.667. The van der Waals surface area contributed by atoms with Gasteiger partial charge in [0.15, 0.2) is 0 Å². The van der Waals surface area contributed by atoms with Crippen molar-refractivity contribution in [3.8, 4) is 0 Å². The lowest BCUT2D eigenvalue weighted by atomic mass is 9.98. The highest BCUT2D eigenvalue weighted by atomic mass is 16.7. The van der Waals surface area contributed by atoms with E-state index in [1.54, 1.807) is 5.06 Å². The predicted molar refractivity (Wildman–Crippen MR) is 46.3 cm³/mol. The van der Waals surface area contributed by atoms with Gasteiger partial charge in [-0.1, -0.05) is 6.58 Å². The molecule has 0 aromatic rings. The van der Waals surface area contributed by atoms with Crippen LogP contribution in [0.1, 0.15) is 20.8 Å². The van der Waals surface area contributed by atoms with Gasteiger partial charge in [0.1, 0.15) is 0 Å². The second-order valence-electron chi connectivity index (χ2n) is 4.18. The first kappa shape index (κ1) is 9.26. The molecule has 0 aromatic heterocycles. The summed E-state index contributed by atoms with van der Waals surface area (Å²) in [6, 6.07) is 0. The van der Waals surface area contributed by atoms with E-state index in [0.29, 0.717) is 13.1 Å². The third-order valence-corrected chi connectivity index (χ3v) is 1.62. The molecule has 3 heteroatoms. The fourth-order valence-corrected chi connectivity index (χ4v) is 0.771. The molecule has 1 fully saturated rings. The van der Waals surface area contributed by atoms with Crippen molar-refractivity contribution in [2.45, 2.75) is 20.8 Å². The molecule has 1 aliphatic heterocycles. The summed E-state index contributed by atoms with van der Waals surface area (Å²) < 4.78 is 0. The summed E-state index contributed by atoms with van der Waals surface area (Å²) in [5, 5.41) is 1.62. The van der Waals surface area contributed by atoms with E-state index in [2.05, 4.69) is 6.58 Å². The van der Waals surface area contributed by atoms with Gasteiger partial charge >= 0.3 is 5.97 Å². The number of rotatable bonds is 1. The van der Waals surface area contributed by atoms with Crippen LogP contribution in [0.3, 0.4) is 0 Å². The van der Waals surface area contributed by atoms with Gasteiger partial charge in [-0.15, -0.1) is 5.06 Å². The van der Waals surface area contributed by atoms with Crippen molar-refractivity contribution in [3.63, 3.8) is 0 Å². The van der Waals surface area contributed by atoms with Crippen molar-refractivity contribution in [3.05, 3.63) is 12.2 Å². The molecule has 1 aliphatic rings. The van der Waals surface area contributed by atoms with Gasteiger partial charge in [-0.2, -0.15) is 0 Å². The second-order valence-corrected chi connectivity index (χ2v) is 4.18. The monoisotopic (exact) mass is 169 g/mol. The molecule has 0 radical (unpaired) electrons. The van der Waals surface area contributed by atoms with E-state index in [4.69, 9.17) is 4.84 Å². The highest BCUT2D eigenvalue weighted by molar-refractivity contribution is 5.75. The van der Waals surface area contributed by atoms with Gasteiger partial charge in [-0.05, 0) is 26.3 Å². The largest absolute Gasteiger partial charge is 0.367 e. The fourth-order valence-electron chi connectivity index (χ4n) is 0.771.